The van der Waals surface area contributed by atoms with Gasteiger partial charge in [0.25, 0.3) is 0 Å². The molecule has 3 rings (SSSR count). The van der Waals surface area contributed by atoms with Crippen molar-refractivity contribution in [3.05, 3.63) is 72.2 Å². The van der Waals surface area contributed by atoms with Crippen LogP contribution in [-0.2, 0) is 0 Å². The van der Waals surface area contributed by atoms with Crippen molar-refractivity contribution in [2.75, 3.05) is 12.5 Å². The van der Waals surface area contributed by atoms with E-state index >= 15 is 0 Å². The van der Waals surface area contributed by atoms with Crippen molar-refractivity contribution in [3.8, 4) is 17.4 Å². The molecule has 0 amide bonds. The molecule has 3 aromatic rings. The largest absolute Gasteiger partial charge is 0.481 e. The van der Waals surface area contributed by atoms with Crippen molar-refractivity contribution >= 4 is 11.7 Å². The van der Waals surface area contributed by atoms with Gasteiger partial charge in [-0.2, -0.15) is 10.1 Å². The van der Waals surface area contributed by atoms with Crippen molar-refractivity contribution in [2.45, 2.75) is 6.92 Å². The summed E-state index contributed by atoms with van der Waals surface area (Å²) in [5, 5.41) is 4.17. The van der Waals surface area contributed by atoms with Crippen LogP contribution in [-0.4, -0.2) is 22.8 Å². The number of para-hydroxylation sites is 1. The van der Waals surface area contributed by atoms with Crippen molar-refractivity contribution in [1.82, 2.24) is 9.97 Å². The molecule has 0 bridgehead atoms. The SMILES string of the molecule is COc1ccnc(NN=C(C)c2ccc(Oc3ccccc3)c(F)c2)n1. The Hall–Kier alpha value is -3.48. The van der Waals surface area contributed by atoms with Crippen LogP contribution in [0, 0.1) is 5.82 Å². The number of anilines is 1. The Morgan fingerprint density at radius 3 is 2.65 bits per heavy atom. The zero-order valence-electron chi connectivity index (χ0n) is 14.3. The molecule has 0 fully saturated rings. The summed E-state index contributed by atoms with van der Waals surface area (Å²) in [7, 11) is 1.52. The van der Waals surface area contributed by atoms with Gasteiger partial charge in [0.05, 0.1) is 12.8 Å². The fourth-order valence-corrected chi connectivity index (χ4v) is 2.13. The average Bonchev–Trinajstić information content (AvgIpc) is 2.68. The highest BCUT2D eigenvalue weighted by Crippen LogP contribution is 2.25. The minimum Gasteiger partial charge on any atom is -0.481 e. The van der Waals surface area contributed by atoms with E-state index in [1.807, 2.05) is 18.2 Å². The van der Waals surface area contributed by atoms with Gasteiger partial charge < -0.3 is 9.47 Å². The first-order valence-corrected chi connectivity index (χ1v) is 7.86. The second kappa shape index (κ2) is 8.06. The zero-order chi connectivity index (χ0) is 18.4. The van der Waals surface area contributed by atoms with E-state index in [0.717, 1.165) is 0 Å². The lowest BCUT2D eigenvalue weighted by Crippen LogP contribution is -2.03. The van der Waals surface area contributed by atoms with Gasteiger partial charge in [-0.1, -0.05) is 18.2 Å². The number of halogens is 1. The topological polar surface area (TPSA) is 68.6 Å². The molecule has 0 spiro atoms. The number of hydrazone groups is 1. The molecule has 0 radical (unpaired) electrons. The predicted molar refractivity (Wildman–Crippen MR) is 97.3 cm³/mol. The monoisotopic (exact) mass is 352 g/mol. The Bertz CT molecular complexity index is 916. The highest BCUT2D eigenvalue weighted by Gasteiger charge is 2.08. The number of ether oxygens (including phenoxy) is 2. The van der Waals surface area contributed by atoms with Gasteiger partial charge in [0.2, 0.25) is 11.8 Å². The molecule has 0 aliphatic heterocycles. The van der Waals surface area contributed by atoms with E-state index in [1.165, 1.54) is 13.2 Å². The Morgan fingerprint density at radius 1 is 1.12 bits per heavy atom. The molecule has 1 N–H and O–H groups in total. The van der Waals surface area contributed by atoms with Crippen molar-refractivity contribution in [1.29, 1.82) is 0 Å². The first-order chi connectivity index (χ1) is 12.7. The number of benzene rings is 2. The standard InChI is InChI=1S/C19H17FN4O2/c1-13(23-24-19-21-11-10-18(22-19)25-2)14-8-9-17(16(20)12-14)26-15-6-4-3-5-7-15/h3-12H,1-2H3,(H,21,22,24). The van der Waals surface area contributed by atoms with Crippen molar-refractivity contribution in [2.24, 2.45) is 5.10 Å². The van der Waals surface area contributed by atoms with Crippen LogP contribution in [0.4, 0.5) is 10.3 Å². The molecule has 132 valence electrons. The van der Waals surface area contributed by atoms with E-state index in [-0.39, 0.29) is 11.7 Å². The van der Waals surface area contributed by atoms with Crippen LogP contribution >= 0.6 is 0 Å². The van der Waals surface area contributed by atoms with E-state index in [0.29, 0.717) is 22.9 Å². The zero-order valence-corrected chi connectivity index (χ0v) is 14.3. The molecule has 0 unspecified atom stereocenters. The Kier molecular flexibility index (Phi) is 5.38. The summed E-state index contributed by atoms with van der Waals surface area (Å²) in [5.74, 6) is 0.953. The second-order valence-electron chi connectivity index (χ2n) is 5.29. The molecule has 0 atom stereocenters. The lowest BCUT2D eigenvalue weighted by Gasteiger charge is -2.08. The van der Waals surface area contributed by atoms with Gasteiger partial charge in [-0.05, 0) is 37.3 Å². The molecule has 6 nitrogen and oxygen atoms in total. The number of aromatic nitrogens is 2. The molecule has 0 aliphatic carbocycles. The fourth-order valence-electron chi connectivity index (χ4n) is 2.13. The molecular weight excluding hydrogens is 335 g/mol. The summed E-state index contributed by atoms with van der Waals surface area (Å²) in [4.78, 5) is 8.12. The third-order valence-corrected chi connectivity index (χ3v) is 3.48. The predicted octanol–water partition coefficient (Wildman–Crippen LogP) is 4.25. The summed E-state index contributed by atoms with van der Waals surface area (Å²) in [6.45, 7) is 1.75. The Morgan fingerprint density at radius 2 is 1.92 bits per heavy atom. The first kappa shape index (κ1) is 17.3. The number of hydrogen-bond donors (Lipinski definition) is 1. The molecule has 0 saturated carbocycles. The maximum absolute atomic E-state index is 14.3. The molecule has 0 aliphatic rings. The quantitative estimate of drug-likeness (QED) is 0.530. The van der Waals surface area contributed by atoms with Crippen LogP contribution in [0.15, 0.2) is 65.9 Å². The molecule has 7 heteroatoms. The molecule has 26 heavy (non-hydrogen) atoms. The van der Waals surface area contributed by atoms with Crippen LogP contribution in [0.2, 0.25) is 0 Å². The highest BCUT2D eigenvalue weighted by atomic mass is 19.1. The van der Waals surface area contributed by atoms with Gasteiger partial charge in [0.1, 0.15) is 5.75 Å². The minimum absolute atomic E-state index is 0.150. The first-order valence-electron chi connectivity index (χ1n) is 7.86. The van der Waals surface area contributed by atoms with Gasteiger partial charge in [-0.25, -0.2) is 14.8 Å². The van der Waals surface area contributed by atoms with E-state index in [1.54, 1.807) is 43.5 Å². The van der Waals surface area contributed by atoms with Crippen molar-refractivity contribution < 1.29 is 13.9 Å². The molecule has 0 saturated heterocycles. The van der Waals surface area contributed by atoms with Gasteiger partial charge >= 0.3 is 0 Å². The second-order valence-corrected chi connectivity index (χ2v) is 5.29. The van der Waals surface area contributed by atoms with Gasteiger partial charge in [-0.3, -0.25) is 0 Å². The van der Waals surface area contributed by atoms with Crippen LogP contribution in [0.5, 0.6) is 17.4 Å². The third kappa shape index (κ3) is 4.32. The summed E-state index contributed by atoms with van der Waals surface area (Å²) < 4.78 is 24.9. The van der Waals surface area contributed by atoms with Crippen LogP contribution in [0.3, 0.4) is 0 Å². The fraction of sp³-hybridized carbons (Fsp3) is 0.105. The van der Waals surface area contributed by atoms with Crippen LogP contribution in [0.1, 0.15) is 12.5 Å². The smallest absolute Gasteiger partial charge is 0.246 e. The number of nitrogens with one attached hydrogen (secondary N) is 1. The lowest BCUT2D eigenvalue weighted by atomic mass is 10.1. The molecule has 2 aromatic carbocycles. The lowest BCUT2D eigenvalue weighted by molar-refractivity contribution is 0.397. The van der Waals surface area contributed by atoms with Gasteiger partial charge in [0, 0.05) is 17.8 Å². The molecular formula is C19H17FN4O2. The normalized spacial score (nSPS) is 11.1. The minimum atomic E-state index is -0.474. The van der Waals surface area contributed by atoms with E-state index in [4.69, 9.17) is 9.47 Å². The Labute approximate surface area is 150 Å². The molecule has 1 heterocycles. The van der Waals surface area contributed by atoms with Gasteiger partial charge in [0.15, 0.2) is 11.6 Å². The number of methoxy groups -OCH3 is 1. The van der Waals surface area contributed by atoms with Gasteiger partial charge in [-0.15, -0.1) is 0 Å². The third-order valence-electron chi connectivity index (χ3n) is 3.48. The molecule has 1 aromatic heterocycles. The maximum Gasteiger partial charge on any atom is 0.246 e. The van der Waals surface area contributed by atoms with Crippen LogP contribution < -0.4 is 14.9 Å². The van der Waals surface area contributed by atoms with E-state index in [9.17, 15) is 4.39 Å². The van der Waals surface area contributed by atoms with Crippen LogP contribution in [0.25, 0.3) is 0 Å². The number of hydrogen-bond acceptors (Lipinski definition) is 6. The van der Waals surface area contributed by atoms with E-state index < -0.39 is 5.82 Å². The highest BCUT2D eigenvalue weighted by molar-refractivity contribution is 5.99. The summed E-state index contributed by atoms with van der Waals surface area (Å²) in [6, 6.07) is 15.3. The average molecular weight is 352 g/mol. The maximum atomic E-state index is 14.3. The number of rotatable bonds is 6. The Balaban J connectivity index is 1.73. The summed E-state index contributed by atoms with van der Waals surface area (Å²) in [6.07, 6.45) is 1.55. The number of nitrogens with zero attached hydrogens (tertiary/aromatic N) is 3. The van der Waals surface area contributed by atoms with Crippen molar-refractivity contribution in [3.63, 3.8) is 0 Å². The summed E-state index contributed by atoms with van der Waals surface area (Å²) >= 11 is 0. The summed E-state index contributed by atoms with van der Waals surface area (Å²) in [5.41, 5.74) is 3.90. The van der Waals surface area contributed by atoms with E-state index in [2.05, 4.69) is 20.5 Å².